The molecule has 0 saturated heterocycles. The Morgan fingerprint density at radius 2 is 2.31 bits per heavy atom. The van der Waals surface area contributed by atoms with Crippen molar-refractivity contribution >= 4 is 0 Å². The zero-order chi connectivity index (χ0) is 9.68. The molecule has 0 spiro atoms. The van der Waals surface area contributed by atoms with Crippen LogP contribution in [0.1, 0.15) is 39.1 Å². The van der Waals surface area contributed by atoms with Crippen molar-refractivity contribution in [3.05, 3.63) is 12.2 Å². The van der Waals surface area contributed by atoms with Gasteiger partial charge in [0.2, 0.25) is 0 Å². The van der Waals surface area contributed by atoms with Crippen LogP contribution < -0.4 is 5.32 Å². The van der Waals surface area contributed by atoms with Crippen molar-refractivity contribution < 1.29 is 0 Å². The van der Waals surface area contributed by atoms with Gasteiger partial charge in [-0.15, -0.1) is 10.2 Å². The van der Waals surface area contributed by atoms with Gasteiger partial charge < -0.3 is 9.88 Å². The highest BCUT2D eigenvalue weighted by Crippen LogP contribution is 2.05. The van der Waals surface area contributed by atoms with Crippen LogP contribution in [0.25, 0.3) is 0 Å². The molecule has 0 saturated carbocycles. The minimum absolute atomic E-state index is 0.438. The van der Waals surface area contributed by atoms with Crippen LogP contribution in [0.3, 0.4) is 0 Å². The summed E-state index contributed by atoms with van der Waals surface area (Å²) in [7, 11) is 0. The van der Waals surface area contributed by atoms with Crippen molar-refractivity contribution in [1.82, 2.24) is 20.1 Å². The van der Waals surface area contributed by atoms with E-state index in [-0.39, 0.29) is 0 Å². The summed E-state index contributed by atoms with van der Waals surface area (Å²) in [5.41, 5.74) is 0. The fourth-order valence-electron chi connectivity index (χ4n) is 1.20. The van der Waals surface area contributed by atoms with E-state index < -0.39 is 0 Å². The van der Waals surface area contributed by atoms with Gasteiger partial charge in [0.15, 0.2) is 0 Å². The molecule has 1 aromatic heterocycles. The summed E-state index contributed by atoms with van der Waals surface area (Å²) in [6.07, 6.45) is 2.93. The molecule has 1 heterocycles. The van der Waals surface area contributed by atoms with Gasteiger partial charge in [-0.2, -0.15) is 0 Å². The second-order valence-electron chi connectivity index (χ2n) is 3.42. The lowest BCUT2D eigenvalue weighted by molar-refractivity contribution is 0.541. The third kappa shape index (κ3) is 2.81. The van der Waals surface area contributed by atoms with Crippen LogP contribution in [0.2, 0.25) is 0 Å². The summed E-state index contributed by atoms with van der Waals surface area (Å²) in [5.74, 6) is 1.02. The molecule has 74 valence electrons. The second-order valence-corrected chi connectivity index (χ2v) is 3.42. The first-order chi connectivity index (χ1) is 6.25. The van der Waals surface area contributed by atoms with Crippen molar-refractivity contribution in [3.8, 4) is 0 Å². The van der Waals surface area contributed by atoms with Crippen LogP contribution in [-0.4, -0.2) is 21.3 Å². The van der Waals surface area contributed by atoms with Gasteiger partial charge in [0.25, 0.3) is 0 Å². The van der Waals surface area contributed by atoms with E-state index in [4.69, 9.17) is 0 Å². The molecule has 0 fully saturated rings. The van der Waals surface area contributed by atoms with Gasteiger partial charge in [-0.25, -0.2) is 0 Å². The Hall–Kier alpha value is -0.900. The summed E-state index contributed by atoms with van der Waals surface area (Å²) in [5, 5.41) is 11.3. The predicted octanol–water partition coefficient (Wildman–Crippen LogP) is 1.36. The van der Waals surface area contributed by atoms with Crippen molar-refractivity contribution in [2.75, 3.05) is 6.54 Å². The molecular weight excluding hydrogens is 164 g/mol. The molecule has 1 N–H and O–H groups in total. The maximum atomic E-state index is 4.06. The Bertz CT molecular complexity index is 242. The van der Waals surface area contributed by atoms with Gasteiger partial charge in [0, 0.05) is 6.04 Å². The number of nitrogens with zero attached hydrogens (tertiary/aromatic N) is 3. The molecule has 13 heavy (non-hydrogen) atoms. The van der Waals surface area contributed by atoms with E-state index in [0.29, 0.717) is 6.04 Å². The second kappa shape index (κ2) is 4.97. The minimum Gasteiger partial charge on any atom is -0.314 e. The molecule has 0 unspecified atom stereocenters. The van der Waals surface area contributed by atoms with E-state index in [2.05, 4.69) is 40.9 Å². The lowest BCUT2D eigenvalue weighted by Crippen LogP contribution is -2.18. The van der Waals surface area contributed by atoms with Crippen molar-refractivity contribution in [3.63, 3.8) is 0 Å². The topological polar surface area (TPSA) is 42.7 Å². The third-order valence-corrected chi connectivity index (χ3v) is 1.91. The van der Waals surface area contributed by atoms with Gasteiger partial charge in [-0.3, -0.25) is 0 Å². The van der Waals surface area contributed by atoms with Crippen LogP contribution in [0.15, 0.2) is 6.33 Å². The van der Waals surface area contributed by atoms with Gasteiger partial charge >= 0.3 is 0 Å². The average Bonchev–Trinajstić information content (AvgIpc) is 2.53. The fourth-order valence-corrected chi connectivity index (χ4v) is 1.20. The first kappa shape index (κ1) is 10.2. The zero-order valence-electron chi connectivity index (χ0n) is 8.62. The van der Waals surface area contributed by atoms with Gasteiger partial charge in [0.1, 0.15) is 12.2 Å². The average molecular weight is 182 g/mol. The standard InChI is InChI=1S/C9H18N4/c1-4-5-10-6-9-12-11-7-13(9)8(2)3/h7-8,10H,4-6H2,1-3H3. The molecule has 0 amide bonds. The van der Waals surface area contributed by atoms with Gasteiger partial charge in [-0.1, -0.05) is 6.92 Å². The Kier molecular flexibility index (Phi) is 3.89. The Labute approximate surface area is 79.4 Å². The third-order valence-electron chi connectivity index (χ3n) is 1.91. The lowest BCUT2D eigenvalue weighted by Gasteiger charge is -2.09. The summed E-state index contributed by atoms with van der Waals surface area (Å²) >= 11 is 0. The van der Waals surface area contributed by atoms with Crippen LogP contribution >= 0.6 is 0 Å². The summed E-state index contributed by atoms with van der Waals surface area (Å²) in [6.45, 7) is 8.26. The highest BCUT2D eigenvalue weighted by Gasteiger charge is 2.05. The number of aromatic nitrogens is 3. The summed E-state index contributed by atoms with van der Waals surface area (Å²) in [4.78, 5) is 0. The summed E-state index contributed by atoms with van der Waals surface area (Å²) < 4.78 is 2.09. The molecular formula is C9H18N4. The SMILES string of the molecule is CCCNCc1nncn1C(C)C. The number of nitrogens with one attached hydrogen (secondary N) is 1. The molecule has 0 aromatic carbocycles. The van der Waals surface area contributed by atoms with E-state index >= 15 is 0 Å². The number of hydrogen-bond donors (Lipinski definition) is 1. The minimum atomic E-state index is 0.438. The van der Waals surface area contributed by atoms with Crippen LogP contribution in [0.5, 0.6) is 0 Å². The quantitative estimate of drug-likeness (QED) is 0.699. The van der Waals surface area contributed by atoms with Gasteiger partial charge in [-0.05, 0) is 26.8 Å². The van der Waals surface area contributed by atoms with Gasteiger partial charge in [0.05, 0.1) is 6.54 Å². The highest BCUT2D eigenvalue weighted by atomic mass is 15.3. The van der Waals surface area contributed by atoms with E-state index in [9.17, 15) is 0 Å². The number of hydrogen-bond acceptors (Lipinski definition) is 3. The molecule has 0 bridgehead atoms. The first-order valence-corrected chi connectivity index (χ1v) is 4.84. The fraction of sp³-hybridized carbons (Fsp3) is 0.778. The molecule has 1 rings (SSSR count). The molecule has 0 atom stereocenters. The van der Waals surface area contributed by atoms with Crippen LogP contribution in [-0.2, 0) is 6.54 Å². The molecule has 0 aliphatic rings. The maximum Gasteiger partial charge on any atom is 0.147 e. The normalized spacial score (nSPS) is 11.1. The summed E-state index contributed by atoms with van der Waals surface area (Å²) in [6, 6.07) is 0.438. The van der Waals surface area contributed by atoms with E-state index in [0.717, 1.165) is 25.3 Å². The monoisotopic (exact) mass is 182 g/mol. The Balaban J connectivity index is 2.50. The zero-order valence-corrected chi connectivity index (χ0v) is 8.62. The Morgan fingerprint density at radius 3 is 2.92 bits per heavy atom. The van der Waals surface area contributed by atoms with E-state index in [1.54, 1.807) is 6.33 Å². The number of rotatable bonds is 5. The van der Waals surface area contributed by atoms with Crippen LogP contribution in [0.4, 0.5) is 0 Å². The first-order valence-electron chi connectivity index (χ1n) is 4.84. The van der Waals surface area contributed by atoms with E-state index in [1.807, 2.05) is 0 Å². The molecule has 0 aliphatic carbocycles. The molecule has 0 aliphatic heterocycles. The van der Waals surface area contributed by atoms with Crippen molar-refractivity contribution in [1.29, 1.82) is 0 Å². The molecule has 4 nitrogen and oxygen atoms in total. The van der Waals surface area contributed by atoms with E-state index in [1.165, 1.54) is 0 Å². The maximum absolute atomic E-state index is 4.06. The molecule has 0 radical (unpaired) electrons. The van der Waals surface area contributed by atoms with Crippen molar-refractivity contribution in [2.24, 2.45) is 0 Å². The molecule has 4 heteroatoms. The lowest BCUT2D eigenvalue weighted by atomic mass is 10.4. The smallest absolute Gasteiger partial charge is 0.147 e. The Morgan fingerprint density at radius 1 is 1.54 bits per heavy atom. The van der Waals surface area contributed by atoms with Crippen molar-refractivity contribution in [2.45, 2.75) is 39.8 Å². The van der Waals surface area contributed by atoms with Crippen LogP contribution in [0, 0.1) is 0 Å². The predicted molar refractivity (Wildman–Crippen MR) is 52.4 cm³/mol. The molecule has 1 aromatic rings. The largest absolute Gasteiger partial charge is 0.314 e. The highest BCUT2D eigenvalue weighted by molar-refractivity contribution is 4.87.